The number of carbonyl (C=O) groups is 1. The number of amides is 1. The molecule has 1 rings (SSSR count). The van der Waals surface area contributed by atoms with E-state index in [1.165, 1.54) is 0 Å². The highest BCUT2D eigenvalue weighted by molar-refractivity contribution is 7.98. The number of benzene rings is 1. The topological polar surface area (TPSA) is 40.5 Å². The van der Waals surface area contributed by atoms with Crippen molar-refractivity contribution in [2.24, 2.45) is 0 Å². The summed E-state index contributed by atoms with van der Waals surface area (Å²) in [4.78, 5) is 14.2. The molecular weight excluding hydrogens is 306 g/mol. The fourth-order valence-electron chi connectivity index (χ4n) is 1.95. The molecule has 1 unspecified atom stereocenters. The van der Waals surface area contributed by atoms with Crippen molar-refractivity contribution in [1.29, 1.82) is 0 Å². The van der Waals surface area contributed by atoms with Gasteiger partial charge in [-0.3, -0.25) is 4.79 Å². The predicted octanol–water partition coefficient (Wildman–Crippen LogP) is 2.90. The molecule has 1 atom stereocenters. The molecule has 114 valence electrons. The molecule has 0 spiro atoms. The van der Waals surface area contributed by atoms with Crippen LogP contribution in [0.2, 0.25) is 5.02 Å². The summed E-state index contributed by atoms with van der Waals surface area (Å²) in [5.74, 6) is 6.16. The van der Waals surface area contributed by atoms with E-state index in [2.05, 4.69) is 18.8 Å². The minimum Gasteiger partial charge on any atom is -0.384 e. The molecule has 0 aliphatic heterocycles. The number of aliphatic hydroxyl groups is 1. The first kappa shape index (κ1) is 17.9. The average molecular weight is 326 g/mol. The van der Waals surface area contributed by atoms with Crippen molar-refractivity contribution in [1.82, 2.24) is 4.90 Å². The fraction of sp³-hybridized carbons (Fsp3) is 0.438. The molecule has 0 heterocycles. The van der Waals surface area contributed by atoms with Crippen molar-refractivity contribution in [3.05, 3.63) is 34.3 Å². The van der Waals surface area contributed by atoms with Gasteiger partial charge in [0.2, 0.25) is 0 Å². The number of rotatable bonds is 5. The molecule has 0 aliphatic rings. The van der Waals surface area contributed by atoms with Crippen LogP contribution in [0.4, 0.5) is 0 Å². The van der Waals surface area contributed by atoms with Gasteiger partial charge in [-0.25, -0.2) is 0 Å². The Morgan fingerprint density at radius 1 is 1.52 bits per heavy atom. The highest BCUT2D eigenvalue weighted by atomic mass is 35.5. The van der Waals surface area contributed by atoms with Crippen molar-refractivity contribution in [2.45, 2.75) is 19.4 Å². The molecule has 0 aliphatic carbocycles. The Bertz CT molecular complexity index is 551. The summed E-state index contributed by atoms with van der Waals surface area (Å²) in [5.41, 5.74) is 1.16. The van der Waals surface area contributed by atoms with Crippen LogP contribution in [0.15, 0.2) is 18.2 Å². The van der Waals surface area contributed by atoms with Gasteiger partial charge >= 0.3 is 0 Å². The van der Waals surface area contributed by atoms with Crippen LogP contribution < -0.4 is 0 Å². The number of hydrogen-bond donors (Lipinski definition) is 1. The summed E-state index contributed by atoms with van der Waals surface area (Å²) in [6, 6.07) is 5.27. The lowest BCUT2D eigenvalue weighted by atomic mass is 10.1. The lowest BCUT2D eigenvalue weighted by Gasteiger charge is -2.27. The molecule has 0 saturated heterocycles. The molecule has 0 aromatic heterocycles. The van der Waals surface area contributed by atoms with Gasteiger partial charge in [0, 0.05) is 30.0 Å². The number of hydrogen-bond acceptors (Lipinski definition) is 3. The normalized spacial score (nSPS) is 11.5. The van der Waals surface area contributed by atoms with Crippen molar-refractivity contribution in [2.75, 3.05) is 25.7 Å². The summed E-state index contributed by atoms with van der Waals surface area (Å²) in [6.45, 7) is 1.86. The largest absolute Gasteiger partial charge is 0.384 e. The van der Waals surface area contributed by atoms with E-state index in [1.807, 2.05) is 13.3 Å². The van der Waals surface area contributed by atoms with Crippen LogP contribution in [0.5, 0.6) is 0 Å². The fourth-order valence-corrected chi connectivity index (χ4v) is 3.02. The SMILES string of the molecule is CCC(CSC)N(C)C(=O)c1ccc(C#CCO)c(Cl)c1. The molecule has 3 nitrogen and oxygen atoms in total. The molecule has 5 heteroatoms. The number of carbonyl (C=O) groups excluding carboxylic acids is 1. The number of thioether (sulfide) groups is 1. The predicted molar refractivity (Wildman–Crippen MR) is 90.0 cm³/mol. The van der Waals surface area contributed by atoms with E-state index >= 15 is 0 Å². The molecule has 21 heavy (non-hydrogen) atoms. The van der Waals surface area contributed by atoms with Gasteiger partial charge in [0.05, 0.1) is 5.02 Å². The van der Waals surface area contributed by atoms with Crippen LogP contribution in [0, 0.1) is 11.8 Å². The summed E-state index contributed by atoms with van der Waals surface area (Å²) in [6.07, 6.45) is 2.95. The van der Waals surface area contributed by atoms with E-state index in [0.717, 1.165) is 12.2 Å². The number of halogens is 1. The molecule has 1 aromatic carbocycles. The van der Waals surface area contributed by atoms with Crippen LogP contribution in [0.25, 0.3) is 0 Å². The van der Waals surface area contributed by atoms with Gasteiger partial charge in [0.15, 0.2) is 0 Å². The highest BCUT2D eigenvalue weighted by Crippen LogP contribution is 2.19. The van der Waals surface area contributed by atoms with Crippen LogP contribution >= 0.6 is 23.4 Å². The molecule has 0 radical (unpaired) electrons. The lowest BCUT2D eigenvalue weighted by molar-refractivity contribution is 0.0743. The van der Waals surface area contributed by atoms with E-state index < -0.39 is 0 Å². The third kappa shape index (κ3) is 4.96. The van der Waals surface area contributed by atoms with Crippen LogP contribution in [0.3, 0.4) is 0 Å². The highest BCUT2D eigenvalue weighted by Gasteiger charge is 2.19. The summed E-state index contributed by atoms with van der Waals surface area (Å²) >= 11 is 7.86. The first-order chi connectivity index (χ1) is 10.0. The van der Waals surface area contributed by atoms with Gasteiger partial charge in [-0.05, 0) is 30.9 Å². The maximum atomic E-state index is 12.5. The second kappa shape index (κ2) is 8.99. The van der Waals surface area contributed by atoms with Crippen molar-refractivity contribution in [3.63, 3.8) is 0 Å². The zero-order chi connectivity index (χ0) is 15.8. The molecule has 0 saturated carbocycles. The zero-order valence-electron chi connectivity index (χ0n) is 12.5. The Kier molecular flexibility index (Phi) is 7.66. The minimum absolute atomic E-state index is 0.0422. The minimum atomic E-state index is -0.216. The van der Waals surface area contributed by atoms with Crippen LogP contribution in [-0.2, 0) is 0 Å². The molecular formula is C16H20ClNO2S. The quantitative estimate of drug-likeness (QED) is 0.846. The Morgan fingerprint density at radius 3 is 2.76 bits per heavy atom. The molecule has 0 fully saturated rings. The second-order valence-electron chi connectivity index (χ2n) is 4.59. The molecule has 1 amide bonds. The van der Waals surface area contributed by atoms with Crippen molar-refractivity contribution < 1.29 is 9.90 Å². The van der Waals surface area contributed by atoms with Crippen molar-refractivity contribution in [3.8, 4) is 11.8 Å². The lowest BCUT2D eigenvalue weighted by Crippen LogP contribution is -2.38. The Balaban J connectivity index is 2.95. The first-order valence-corrected chi connectivity index (χ1v) is 8.47. The summed E-state index contributed by atoms with van der Waals surface area (Å²) in [5, 5.41) is 9.12. The number of nitrogens with zero attached hydrogens (tertiary/aromatic N) is 1. The maximum absolute atomic E-state index is 12.5. The van der Waals surface area contributed by atoms with Gasteiger partial charge in [-0.2, -0.15) is 11.8 Å². The molecule has 1 aromatic rings. The Hall–Kier alpha value is -1.15. The molecule has 0 bridgehead atoms. The monoisotopic (exact) mass is 325 g/mol. The van der Waals surface area contributed by atoms with Gasteiger partial charge in [0.25, 0.3) is 5.91 Å². The zero-order valence-corrected chi connectivity index (χ0v) is 14.1. The van der Waals surface area contributed by atoms with Crippen molar-refractivity contribution >= 4 is 29.3 Å². The van der Waals surface area contributed by atoms with E-state index in [-0.39, 0.29) is 18.6 Å². The smallest absolute Gasteiger partial charge is 0.253 e. The van der Waals surface area contributed by atoms with Crippen LogP contribution in [0.1, 0.15) is 29.3 Å². The second-order valence-corrected chi connectivity index (χ2v) is 5.91. The molecule has 1 N–H and O–H groups in total. The third-order valence-electron chi connectivity index (χ3n) is 3.22. The summed E-state index contributed by atoms with van der Waals surface area (Å²) < 4.78 is 0. The Morgan fingerprint density at radius 2 is 2.24 bits per heavy atom. The van der Waals surface area contributed by atoms with E-state index in [1.54, 1.807) is 34.9 Å². The van der Waals surface area contributed by atoms with Gasteiger partial charge in [-0.15, -0.1) is 0 Å². The standard InChI is InChI=1S/C16H20ClNO2S/c1-4-14(11-21-3)18(2)16(20)13-8-7-12(6-5-9-19)15(17)10-13/h7-8,10,14,19H,4,9,11H2,1-3H3. The Labute approximate surface area is 135 Å². The van der Waals surface area contributed by atoms with E-state index in [9.17, 15) is 4.79 Å². The van der Waals surface area contributed by atoms with Gasteiger partial charge in [-0.1, -0.05) is 30.4 Å². The average Bonchev–Trinajstić information content (AvgIpc) is 2.50. The summed E-state index contributed by atoms with van der Waals surface area (Å²) in [7, 11) is 1.82. The van der Waals surface area contributed by atoms with E-state index in [4.69, 9.17) is 16.7 Å². The number of aliphatic hydroxyl groups excluding tert-OH is 1. The maximum Gasteiger partial charge on any atom is 0.253 e. The first-order valence-electron chi connectivity index (χ1n) is 6.70. The third-order valence-corrected chi connectivity index (χ3v) is 4.25. The van der Waals surface area contributed by atoms with Gasteiger partial charge in [0.1, 0.15) is 6.61 Å². The van der Waals surface area contributed by atoms with Gasteiger partial charge < -0.3 is 10.0 Å². The van der Waals surface area contributed by atoms with Crippen LogP contribution in [-0.4, -0.2) is 47.6 Å². The van der Waals surface area contributed by atoms with E-state index in [0.29, 0.717) is 16.1 Å².